The smallest absolute Gasteiger partial charge is 0.238 e. The molecule has 0 unspecified atom stereocenters. The van der Waals surface area contributed by atoms with Crippen LogP contribution in [0.15, 0.2) is 48.5 Å². The number of nitrogens with zero attached hydrogens (tertiary/aromatic N) is 2. The number of aromatic hydroxyl groups is 1. The van der Waals surface area contributed by atoms with Crippen molar-refractivity contribution < 1.29 is 15.0 Å². The average molecular weight is 391 g/mol. The first-order valence-corrected chi connectivity index (χ1v) is 8.99. The molecule has 6 heteroatoms. The van der Waals surface area contributed by atoms with Gasteiger partial charge in [-0.1, -0.05) is 29.8 Å². The molecule has 1 heterocycles. The Kier molecular flexibility index (Phi) is 6.87. The highest BCUT2D eigenvalue weighted by molar-refractivity contribution is 5.90. The number of anilines is 1. The number of benzene rings is 2. The van der Waals surface area contributed by atoms with Crippen molar-refractivity contribution in [2.75, 3.05) is 18.1 Å². The third-order valence-corrected chi connectivity index (χ3v) is 5.00. The van der Waals surface area contributed by atoms with Gasteiger partial charge in [0.15, 0.2) is 0 Å². The number of piperidine rings is 1. The van der Waals surface area contributed by atoms with E-state index in [9.17, 15) is 15.0 Å². The van der Waals surface area contributed by atoms with Gasteiger partial charge in [0, 0.05) is 26.4 Å². The summed E-state index contributed by atoms with van der Waals surface area (Å²) < 4.78 is 0. The van der Waals surface area contributed by atoms with E-state index < -0.39 is 5.60 Å². The zero-order chi connectivity index (χ0) is 18.7. The molecular weight excluding hydrogens is 364 g/mol. The highest BCUT2D eigenvalue weighted by Gasteiger charge is 2.35. The van der Waals surface area contributed by atoms with Crippen molar-refractivity contribution in [2.45, 2.75) is 38.7 Å². The SMILES string of the molecule is CC(=O)N(c1ccc(O)cc1)N1CCC(O)(Cc2ccc(C)cc2)CC1.Cl. The molecule has 5 nitrogen and oxygen atoms in total. The summed E-state index contributed by atoms with van der Waals surface area (Å²) in [5.74, 6) is 0.0861. The van der Waals surface area contributed by atoms with Gasteiger partial charge in [-0.05, 0) is 49.6 Å². The number of carbonyl (C=O) groups is 1. The monoisotopic (exact) mass is 390 g/mol. The van der Waals surface area contributed by atoms with Crippen molar-refractivity contribution in [3.8, 4) is 5.75 Å². The third-order valence-electron chi connectivity index (χ3n) is 5.00. The van der Waals surface area contributed by atoms with Gasteiger partial charge in [0.25, 0.3) is 0 Å². The summed E-state index contributed by atoms with van der Waals surface area (Å²) >= 11 is 0. The van der Waals surface area contributed by atoms with E-state index in [2.05, 4.69) is 31.2 Å². The molecule has 0 radical (unpaired) electrons. The summed E-state index contributed by atoms with van der Waals surface area (Å²) in [7, 11) is 0. The minimum atomic E-state index is -0.747. The van der Waals surface area contributed by atoms with Gasteiger partial charge in [0.05, 0.1) is 11.3 Å². The highest BCUT2D eigenvalue weighted by Crippen LogP contribution is 2.29. The zero-order valence-electron chi connectivity index (χ0n) is 15.8. The van der Waals surface area contributed by atoms with Crippen LogP contribution in [0, 0.1) is 6.92 Å². The summed E-state index contributed by atoms with van der Waals surface area (Å²) in [4.78, 5) is 12.2. The topological polar surface area (TPSA) is 64.0 Å². The van der Waals surface area contributed by atoms with Gasteiger partial charge >= 0.3 is 0 Å². The lowest BCUT2D eigenvalue weighted by atomic mass is 9.85. The Morgan fingerprint density at radius 1 is 1.07 bits per heavy atom. The van der Waals surface area contributed by atoms with E-state index in [0.717, 1.165) is 11.3 Å². The third kappa shape index (κ3) is 5.22. The molecule has 146 valence electrons. The molecule has 0 saturated carbocycles. The standard InChI is InChI=1S/C21H26N2O3.ClH/c1-16-3-5-18(6-4-16)15-21(26)11-13-22(14-12-21)23(17(2)24)19-7-9-20(25)10-8-19;/h3-10,25-26H,11-15H2,1-2H3;1H. The molecule has 2 N–H and O–H groups in total. The van der Waals surface area contributed by atoms with Crippen LogP contribution in [0.25, 0.3) is 0 Å². The van der Waals surface area contributed by atoms with E-state index in [1.165, 1.54) is 12.5 Å². The molecule has 3 rings (SSSR count). The summed E-state index contributed by atoms with van der Waals surface area (Å²) in [5, 5.41) is 24.0. The number of hydrazine groups is 1. The van der Waals surface area contributed by atoms with E-state index in [-0.39, 0.29) is 24.1 Å². The maximum atomic E-state index is 12.2. The number of phenols is 1. The second-order valence-corrected chi connectivity index (χ2v) is 7.19. The Morgan fingerprint density at radius 2 is 1.63 bits per heavy atom. The Morgan fingerprint density at radius 3 is 2.15 bits per heavy atom. The summed E-state index contributed by atoms with van der Waals surface area (Å²) in [6, 6.07) is 14.9. The first-order valence-electron chi connectivity index (χ1n) is 8.99. The van der Waals surface area contributed by atoms with E-state index in [1.54, 1.807) is 29.3 Å². The molecule has 1 amide bonds. The van der Waals surface area contributed by atoms with Crippen LogP contribution >= 0.6 is 12.4 Å². The quantitative estimate of drug-likeness (QED) is 0.839. The van der Waals surface area contributed by atoms with Crippen molar-refractivity contribution in [3.63, 3.8) is 0 Å². The van der Waals surface area contributed by atoms with Crippen molar-refractivity contribution in [3.05, 3.63) is 59.7 Å². The van der Waals surface area contributed by atoms with Crippen molar-refractivity contribution >= 4 is 24.0 Å². The number of rotatable bonds is 4. The molecule has 27 heavy (non-hydrogen) atoms. The van der Waals surface area contributed by atoms with Crippen LogP contribution < -0.4 is 5.01 Å². The molecule has 0 spiro atoms. The first kappa shape index (κ1) is 21.2. The number of aliphatic hydroxyl groups is 1. The van der Waals surface area contributed by atoms with Gasteiger partial charge in [0.2, 0.25) is 5.91 Å². The maximum absolute atomic E-state index is 12.2. The molecule has 0 aliphatic carbocycles. The maximum Gasteiger partial charge on any atom is 0.238 e. The summed E-state index contributed by atoms with van der Waals surface area (Å²) in [6.45, 7) is 4.78. The number of aryl methyl sites for hydroxylation is 1. The minimum absolute atomic E-state index is 0. The lowest BCUT2D eigenvalue weighted by molar-refractivity contribution is -0.121. The van der Waals surface area contributed by atoms with Gasteiger partial charge in [-0.25, -0.2) is 10.0 Å². The molecule has 1 aliphatic heterocycles. The van der Waals surface area contributed by atoms with Crippen LogP contribution in [0.3, 0.4) is 0 Å². The molecule has 0 bridgehead atoms. The van der Waals surface area contributed by atoms with Crippen LogP contribution in [0.5, 0.6) is 5.75 Å². The summed E-state index contributed by atoms with van der Waals surface area (Å²) in [6.07, 6.45) is 1.83. The minimum Gasteiger partial charge on any atom is -0.508 e. The fourth-order valence-corrected chi connectivity index (χ4v) is 3.51. The molecule has 1 fully saturated rings. The second kappa shape index (κ2) is 8.74. The van der Waals surface area contributed by atoms with Crippen LogP contribution in [-0.4, -0.2) is 39.8 Å². The number of hydrogen-bond acceptors (Lipinski definition) is 4. The highest BCUT2D eigenvalue weighted by atomic mass is 35.5. The van der Waals surface area contributed by atoms with Crippen LogP contribution in [0.1, 0.15) is 30.9 Å². The molecule has 2 aromatic rings. The van der Waals surface area contributed by atoms with E-state index >= 15 is 0 Å². The van der Waals surface area contributed by atoms with Gasteiger partial charge in [0.1, 0.15) is 5.75 Å². The first-order chi connectivity index (χ1) is 12.4. The predicted molar refractivity (Wildman–Crippen MR) is 109 cm³/mol. The van der Waals surface area contributed by atoms with E-state index in [4.69, 9.17) is 0 Å². The average Bonchev–Trinajstić information content (AvgIpc) is 2.60. The molecule has 0 atom stereocenters. The lowest BCUT2D eigenvalue weighted by Crippen LogP contribution is -2.54. The molecule has 0 aromatic heterocycles. The van der Waals surface area contributed by atoms with Crippen molar-refractivity contribution in [2.24, 2.45) is 0 Å². The number of halogens is 1. The fraction of sp³-hybridized carbons (Fsp3) is 0.381. The number of carbonyl (C=O) groups excluding carboxylic acids is 1. The van der Waals surface area contributed by atoms with E-state index in [1.807, 2.05) is 5.01 Å². The Labute approximate surface area is 166 Å². The van der Waals surface area contributed by atoms with Gasteiger partial charge in [-0.3, -0.25) is 4.79 Å². The molecule has 2 aromatic carbocycles. The molecular formula is C21H27ClN2O3. The number of hydrogen-bond donors (Lipinski definition) is 2. The van der Waals surface area contributed by atoms with Crippen molar-refractivity contribution in [1.82, 2.24) is 5.01 Å². The van der Waals surface area contributed by atoms with Crippen LogP contribution in [0.2, 0.25) is 0 Å². The van der Waals surface area contributed by atoms with Crippen LogP contribution in [0.4, 0.5) is 5.69 Å². The zero-order valence-corrected chi connectivity index (χ0v) is 16.6. The second-order valence-electron chi connectivity index (χ2n) is 7.19. The van der Waals surface area contributed by atoms with Gasteiger partial charge in [-0.2, -0.15) is 0 Å². The normalized spacial score (nSPS) is 16.4. The largest absolute Gasteiger partial charge is 0.508 e. The lowest BCUT2D eigenvalue weighted by Gasteiger charge is -2.43. The van der Waals surface area contributed by atoms with Crippen LogP contribution in [-0.2, 0) is 11.2 Å². The Balaban J connectivity index is 0.00000261. The van der Waals surface area contributed by atoms with Crippen molar-refractivity contribution in [1.29, 1.82) is 0 Å². The predicted octanol–water partition coefficient (Wildman–Crippen LogP) is 3.46. The Bertz CT molecular complexity index is 754. The number of amides is 1. The van der Waals surface area contributed by atoms with Gasteiger partial charge in [-0.15, -0.1) is 12.4 Å². The van der Waals surface area contributed by atoms with E-state index in [0.29, 0.717) is 32.4 Å². The molecule has 1 aliphatic rings. The fourth-order valence-electron chi connectivity index (χ4n) is 3.51. The van der Waals surface area contributed by atoms with Gasteiger partial charge < -0.3 is 10.2 Å². The summed E-state index contributed by atoms with van der Waals surface area (Å²) in [5.41, 5.74) is 2.32. The molecule has 1 saturated heterocycles. The number of phenolic OH excluding ortho intramolecular Hbond substituents is 1. The Hall–Kier alpha value is -2.08.